The third kappa shape index (κ3) is 20.3. The van der Waals surface area contributed by atoms with Crippen LogP contribution in [0.4, 0.5) is 0 Å². The van der Waals surface area contributed by atoms with Crippen LogP contribution in [0.1, 0.15) is 81.2 Å². The molecular formula is C69H86N16O13. The maximum Gasteiger partial charge on any atom is 0.245 e. The van der Waals surface area contributed by atoms with Gasteiger partial charge >= 0.3 is 0 Å². The number of hydrogen-bond acceptors (Lipinski definition) is 15. The van der Waals surface area contributed by atoms with Gasteiger partial charge in [-0.3, -0.25) is 57.7 Å². The van der Waals surface area contributed by atoms with Crippen LogP contribution < -0.4 is 59.7 Å². The van der Waals surface area contributed by atoms with Crippen LogP contribution in [-0.2, 0) is 78.4 Å². The quantitative estimate of drug-likeness (QED) is 0.0139. The van der Waals surface area contributed by atoms with Gasteiger partial charge in [0.2, 0.25) is 65.0 Å². The zero-order valence-corrected chi connectivity index (χ0v) is 54.8. The van der Waals surface area contributed by atoms with Crippen molar-refractivity contribution in [2.24, 2.45) is 28.1 Å². The lowest BCUT2D eigenvalue weighted by Crippen LogP contribution is -2.62. The average molecular weight is 1350 g/mol. The first-order valence-electron chi connectivity index (χ1n) is 32.6. The number of aromatic nitrogens is 2. The number of imidazole rings is 1. The maximum absolute atomic E-state index is 15.2. The highest BCUT2D eigenvalue weighted by atomic mass is 16.3. The van der Waals surface area contributed by atoms with Crippen LogP contribution >= 0.6 is 0 Å². The predicted molar refractivity (Wildman–Crippen MR) is 362 cm³/mol. The van der Waals surface area contributed by atoms with Gasteiger partial charge < -0.3 is 84.7 Å². The molecule has 0 radical (unpaired) electrons. The van der Waals surface area contributed by atoms with Gasteiger partial charge in [-0.15, -0.1) is 0 Å². The molecule has 2 fully saturated rings. The van der Waals surface area contributed by atoms with Gasteiger partial charge in [-0.05, 0) is 94.8 Å². The lowest BCUT2D eigenvalue weighted by atomic mass is 9.96. The van der Waals surface area contributed by atoms with Crippen molar-refractivity contribution < 1.29 is 63.0 Å². The number of aliphatic imine (C=N–C) groups is 1. The highest BCUT2D eigenvalue weighted by Gasteiger charge is 2.41. The molecule has 29 heteroatoms. The molecule has 0 saturated carbocycles. The molecule has 2 saturated heterocycles. The second kappa shape index (κ2) is 34.6. The lowest BCUT2D eigenvalue weighted by molar-refractivity contribution is -0.143. The SMILES string of the molecule is CC(C)C[C@H](NC(=O)[C@@H](Cc1ccc2ccccc2c1)NC(=O)[C@H](Cc1ccc(O)cc1)NC(=O)[C@H](CO)NC(=O)[C@H](Cc1cccc2ccccc12)N(C)C(=O)[C@H](Cc1cnc[nH]1)NC(=O)[C@@H]1CCC(=O)N1)C(=O)N[C@@H](CCCN=C(N)N)C(=O)N1CCC[C@H]1C(=O)NCC(N)=O. The average Bonchev–Trinajstić information content (AvgIpc) is 1.00. The Hall–Kier alpha value is -11.0. The molecule has 0 aliphatic carbocycles. The van der Waals surface area contributed by atoms with E-state index in [9.17, 15) is 48.6 Å². The number of nitrogens with two attached hydrogens (primary N) is 3. The Balaban J connectivity index is 1.07. The van der Waals surface area contributed by atoms with E-state index in [-0.39, 0.29) is 101 Å². The van der Waals surface area contributed by atoms with E-state index in [0.717, 1.165) is 26.4 Å². The molecule has 1 aromatic heterocycles. The van der Waals surface area contributed by atoms with Crippen molar-refractivity contribution in [1.82, 2.24) is 62.3 Å². The van der Waals surface area contributed by atoms with Crippen molar-refractivity contribution in [3.05, 3.63) is 144 Å². The number of phenolic OH excluding ortho intramolecular Hbond substituents is 1. The smallest absolute Gasteiger partial charge is 0.245 e. The van der Waals surface area contributed by atoms with Crippen molar-refractivity contribution in [2.75, 3.05) is 33.3 Å². The number of aliphatic hydroxyl groups is 1. The summed E-state index contributed by atoms with van der Waals surface area (Å²) >= 11 is 0. The predicted octanol–water partition coefficient (Wildman–Crippen LogP) is -0.609. The first kappa shape index (κ1) is 72.9. The molecular weight excluding hydrogens is 1260 g/mol. The number of phenols is 1. The topological polar surface area (TPSA) is 450 Å². The van der Waals surface area contributed by atoms with Crippen LogP contribution in [0.15, 0.2) is 127 Å². The Morgan fingerprint density at radius 1 is 0.673 bits per heavy atom. The molecule has 520 valence electrons. The van der Waals surface area contributed by atoms with Crippen molar-refractivity contribution in [1.29, 1.82) is 0 Å². The van der Waals surface area contributed by atoms with E-state index in [2.05, 4.69) is 57.5 Å². The molecule has 29 nitrogen and oxygen atoms in total. The number of likely N-dealkylation sites (N-methyl/N-ethyl adjacent to an activating group) is 1. The Morgan fingerprint density at radius 3 is 1.95 bits per heavy atom. The number of aliphatic hydroxyl groups excluding tert-OH is 1. The minimum absolute atomic E-state index is 0.00740. The fraction of sp³-hybridized carbons (Fsp3) is 0.406. The summed E-state index contributed by atoms with van der Waals surface area (Å²) in [5.41, 5.74) is 18.5. The van der Waals surface area contributed by atoms with Crippen LogP contribution in [-0.4, -0.2) is 189 Å². The summed E-state index contributed by atoms with van der Waals surface area (Å²) in [4.78, 5) is 168. The van der Waals surface area contributed by atoms with Gasteiger partial charge in [0.25, 0.3) is 0 Å². The highest BCUT2D eigenvalue weighted by Crippen LogP contribution is 2.25. The minimum atomic E-state index is -1.80. The molecule has 11 amide bonds. The number of primary amides is 1. The summed E-state index contributed by atoms with van der Waals surface area (Å²) in [6, 6.07) is 19.2. The summed E-state index contributed by atoms with van der Waals surface area (Å²) in [7, 11) is 1.36. The summed E-state index contributed by atoms with van der Waals surface area (Å²) in [6.07, 6.45) is 3.33. The molecule has 9 atom stereocenters. The Morgan fingerprint density at radius 2 is 1.30 bits per heavy atom. The molecule has 2 aliphatic rings. The monoisotopic (exact) mass is 1350 g/mol. The second-order valence-corrected chi connectivity index (χ2v) is 25.0. The molecule has 98 heavy (non-hydrogen) atoms. The van der Waals surface area contributed by atoms with Gasteiger partial charge in [-0.25, -0.2) is 4.98 Å². The molecule has 17 N–H and O–H groups in total. The number of rotatable bonds is 33. The normalized spacial score (nSPS) is 16.4. The Labute approximate surface area is 565 Å². The lowest BCUT2D eigenvalue weighted by Gasteiger charge is -2.32. The number of nitrogens with one attached hydrogen (secondary N) is 9. The van der Waals surface area contributed by atoms with Gasteiger partial charge in [-0.2, -0.15) is 0 Å². The maximum atomic E-state index is 15.2. The van der Waals surface area contributed by atoms with Crippen molar-refractivity contribution in [2.45, 2.75) is 139 Å². The molecule has 6 aromatic rings. The number of H-pyrrole nitrogens is 1. The van der Waals surface area contributed by atoms with Gasteiger partial charge in [0, 0.05) is 64.1 Å². The van der Waals surface area contributed by atoms with Gasteiger partial charge in [0.15, 0.2) is 5.96 Å². The van der Waals surface area contributed by atoms with Crippen LogP contribution in [0.25, 0.3) is 21.5 Å². The first-order chi connectivity index (χ1) is 46.9. The number of nitrogens with zero attached hydrogens (tertiary/aromatic N) is 4. The van der Waals surface area contributed by atoms with Gasteiger partial charge in [0.1, 0.15) is 60.1 Å². The van der Waals surface area contributed by atoms with Gasteiger partial charge in [0.05, 0.1) is 19.5 Å². The number of aromatic hydroxyl groups is 1. The standard InChI is InChI=1S/C69H86N16O13/c1-39(2)29-51(61(91)78-50(17-9-27-74-69(71)72)68(98)85-28-10-18-56(85)65(95)75-36-58(70)88)79-63(93)53(32-41-19-22-42-11-4-5-13-44(42)30-41)80-62(92)52(31-40-20-23-47(87)24-21-40)81-64(94)55(37-86)83-66(96)57(33-45-15-8-14-43-12-6-7-16-48(43)45)84(3)67(97)54(34-46-35-73-38-76-46)82-60(90)49-25-26-59(89)77-49/h4-8,11-16,19-24,30,35,38-39,49-57,86-87H,9-10,17-18,25-29,31-34,36-37H2,1-3H3,(H2,70,88)(H,73,76)(H,75,95)(H,77,89)(H,78,91)(H,79,93)(H,80,92)(H,81,94)(H,82,90)(H,83,96)(H4,71,72,74)/t49-,50-,51-,52-,53+,54-,55-,56-,57-/m0/s1. The van der Waals surface area contributed by atoms with E-state index in [1.165, 1.54) is 48.7 Å². The second-order valence-electron chi connectivity index (χ2n) is 25.0. The van der Waals surface area contributed by atoms with E-state index in [0.29, 0.717) is 28.8 Å². The third-order valence-corrected chi connectivity index (χ3v) is 17.2. The number of fused-ring (bicyclic) bond motifs is 2. The molecule has 8 rings (SSSR count). The largest absolute Gasteiger partial charge is 0.508 e. The van der Waals surface area contributed by atoms with Crippen LogP contribution in [0.5, 0.6) is 5.75 Å². The zero-order valence-electron chi connectivity index (χ0n) is 54.8. The van der Waals surface area contributed by atoms with E-state index in [4.69, 9.17) is 17.2 Å². The summed E-state index contributed by atoms with van der Waals surface area (Å²) in [5, 5.41) is 46.0. The minimum Gasteiger partial charge on any atom is -0.508 e. The highest BCUT2D eigenvalue weighted by molar-refractivity contribution is 6.00. The van der Waals surface area contributed by atoms with Crippen LogP contribution in [0.2, 0.25) is 0 Å². The van der Waals surface area contributed by atoms with E-state index >= 15 is 14.4 Å². The number of carbonyl (C=O) groups excluding carboxylic acids is 11. The number of amides is 11. The summed E-state index contributed by atoms with van der Waals surface area (Å²) < 4.78 is 0. The van der Waals surface area contributed by atoms with Crippen molar-refractivity contribution in [3.8, 4) is 5.75 Å². The number of carbonyl (C=O) groups is 11. The van der Waals surface area contributed by atoms with Crippen molar-refractivity contribution >= 4 is 92.5 Å². The molecule has 0 unspecified atom stereocenters. The molecule has 2 aliphatic heterocycles. The Bertz CT molecular complexity index is 3880. The van der Waals surface area contributed by atoms with Crippen molar-refractivity contribution in [3.63, 3.8) is 0 Å². The van der Waals surface area contributed by atoms with E-state index in [1.807, 2.05) is 80.6 Å². The summed E-state index contributed by atoms with van der Waals surface area (Å²) in [5.74, 6) is -8.84. The van der Waals surface area contributed by atoms with E-state index < -0.39 is 127 Å². The number of benzene rings is 5. The molecule has 0 bridgehead atoms. The fourth-order valence-electron chi connectivity index (χ4n) is 12.1. The summed E-state index contributed by atoms with van der Waals surface area (Å²) in [6.45, 7) is 2.35. The van der Waals surface area contributed by atoms with E-state index in [1.54, 1.807) is 18.2 Å². The Kier molecular flexibility index (Phi) is 25.7. The fourth-order valence-corrected chi connectivity index (χ4v) is 12.1. The molecule has 0 spiro atoms. The third-order valence-electron chi connectivity index (χ3n) is 17.2. The first-order valence-corrected chi connectivity index (χ1v) is 32.6. The number of aromatic amines is 1. The number of guanidine groups is 1. The van der Waals surface area contributed by atoms with Crippen LogP contribution in [0, 0.1) is 5.92 Å². The molecule has 5 aromatic carbocycles. The van der Waals surface area contributed by atoms with Crippen LogP contribution in [0.3, 0.4) is 0 Å². The molecule has 3 heterocycles. The number of likely N-dealkylation sites (tertiary alicyclic amines) is 1. The van der Waals surface area contributed by atoms with Gasteiger partial charge in [-0.1, -0.05) is 111 Å². The number of hydrogen-bond donors (Lipinski definition) is 14. The zero-order chi connectivity index (χ0) is 70.6.